The Bertz CT molecular complexity index is 577. The molecule has 0 aliphatic rings. The number of hydrogen-bond donors (Lipinski definition) is 2. The zero-order valence-corrected chi connectivity index (χ0v) is 11.4. The normalized spacial score (nSPS) is 10.6. The number of aromatic amines is 1. The van der Waals surface area contributed by atoms with Crippen molar-refractivity contribution in [1.82, 2.24) is 14.8 Å². The lowest BCUT2D eigenvalue weighted by molar-refractivity contribution is 0.766. The molecule has 0 saturated carbocycles. The zero-order chi connectivity index (χ0) is 11.7. The van der Waals surface area contributed by atoms with Crippen molar-refractivity contribution in [3.63, 3.8) is 0 Å². The van der Waals surface area contributed by atoms with E-state index >= 15 is 0 Å². The molecule has 7 heteroatoms. The molecule has 16 heavy (non-hydrogen) atoms. The quantitative estimate of drug-likeness (QED) is 0.636. The average molecular weight is 348 g/mol. The third kappa shape index (κ3) is 2.24. The molecule has 0 fully saturated rings. The van der Waals surface area contributed by atoms with Crippen LogP contribution in [0.4, 0.5) is 5.69 Å². The summed E-state index contributed by atoms with van der Waals surface area (Å²) in [5.74, 6) is 0. The summed E-state index contributed by atoms with van der Waals surface area (Å²) in [5, 5.41) is 6.96. The number of anilines is 1. The first-order chi connectivity index (χ1) is 7.58. The summed E-state index contributed by atoms with van der Waals surface area (Å²) in [7, 11) is 1.68. The maximum absolute atomic E-state index is 11.2. The molecular formula is C9H9IN4OS. The zero-order valence-electron chi connectivity index (χ0n) is 8.40. The molecular weight excluding hydrogens is 339 g/mol. The smallest absolute Gasteiger partial charge is 0.343 e. The van der Waals surface area contributed by atoms with Gasteiger partial charge in [0.2, 0.25) is 0 Å². The van der Waals surface area contributed by atoms with Gasteiger partial charge in [-0.1, -0.05) is 0 Å². The molecule has 0 radical (unpaired) electrons. The second kappa shape index (κ2) is 4.50. The molecule has 0 bridgehead atoms. The van der Waals surface area contributed by atoms with Gasteiger partial charge in [-0.2, -0.15) is 0 Å². The topological polar surface area (TPSA) is 76.7 Å². The van der Waals surface area contributed by atoms with Crippen molar-refractivity contribution in [2.24, 2.45) is 7.05 Å². The van der Waals surface area contributed by atoms with Crippen LogP contribution in [0.5, 0.6) is 0 Å². The second-order valence-electron chi connectivity index (χ2n) is 3.16. The molecule has 1 aromatic carbocycles. The first kappa shape index (κ1) is 11.5. The molecule has 0 saturated heterocycles. The van der Waals surface area contributed by atoms with E-state index in [0.717, 1.165) is 14.2 Å². The van der Waals surface area contributed by atoms with E-state index in [0.29, 0.717) is 5.16 Å². The number of nitrogen functional groups attached to an aromatic ring is 1. The Morgan fingerprint density at radius 3 is 2.88 bits per heavy atom. The first-order valence-electron chi connectivity index (χ1n) is 4.42. The number of nitrogens with zero attached hydrogens (tertiary/aromatic N) is 2. The monoisotopic (exact) mass is 348 g/mol. The van der Waals surface area contributed by atoms with Crippen LogP contribution >= 0.6 is 34.4 Å². The Hall–Kier alpha value is -0.960. The van der Waals surface area contributed by atoms with Gasteiger partial charge in [0, 0.05) is 21.2 Å². The van der Waals surface area contributed by atoms with E-state index in [1.807, 2.05) is 18.2 Å². The summed E-state index contributed by atoms with van der Waals surface area (Å²) >= 11 is 3.63. The number of nitrogens with one attached hydrogen (secondary N) is 1. The number of benzene rings is 1. The van der Waals surface area contributed by atoms with Crippen molar-refractivity contribution in [3.05, 3.63) is 32.3 Å². The number of halogens is 1. The van der Waals surface area contributed by atoms with Gasteiger partial charge in [0.25, 0.3) is 0 Å². The molecule has 1 heterocycles. The number of aromatic nitrogens is 3. The summed E-state index contributed by atoms with van der Waals surface area (Å²) in [4.78, 5) is 12.2. The summed E-state index contributed by atoms with van der Waals surface area (Å²) < 4.78 is 2.51. The van der Waals surface area contributed by atoms with Crippen LogP contribution < -0.4 is 11.4 Å². The number of rotatable bonds is 2. The van der Waals surface area contributed by atoms with E-state index in [1.165, 1.54) is 16.3 Å². The van der Waals surface area contributed by atoms with Crippen LogP contribution in [0.1, 0.15) is 0 Å². The Morgan fingerprint density at radius 2 is 2.31 bits per heavy atom. The van der Waals surface area contributed by atoms with E-state index in [4.69, 9.17) is 5.73 Å². The Balaban J connectivity index is 2.34. The largest absolute Gasteiger partial charge is 0.399 e. The van der Waals surface area contributed by atoms with Crippen LogP contribution in [0.15, 0.2) is 33.0 Å². The lowest BCUT2D eigenvalue weighted by Crippen LogP contribution is -2.12. The van der Waals surface area contributed by atoms with Crippen molar-refractivity contribution in [3.8, 4) is 0 Å². The Kier molecular flexibility index (Phi) is 3.24. The van der Waals surface area contributed by atoms with Crippen LogP contribution in [-0.4, -0.2) is 14.8 Å². The minimum absolute atomic E-state index is 0.215. The van der Waals surface area contributed by atoms with Gasteiger partial charge in [-0.05, 0) is 52.6 Å². The van der Waals surface area contributed by atoms with Gasteiger partial charge in [0.1, 0.15) is 0 Å². The highest BCUT2D eigenvalue weighted by molar-refractivity contribution is 14.1. The lowest BCUT2D eigenvalue weighted by Gasteiger charge is -2.03. The van der Waals surface area contributed by atoms with Gasteiger partial charge in [-0.15, -0.1) is 5.10 Å². The van der Waals surface area contributed by atoms with Crippen molar-refractivity contribution in [2.45, 2.75) is 10.1 Å². The van der Waals surface area contributed by atoms with E-state index in [1.54, 1.807) is 7.05 Å². The van der Waals surface area contributed by atoms with Gasteiger partial charge in [0.15, 0.2) is 5.16 Å². The molecule has 2 rings (SSSR count). The summed E-state index contributed by atoms with van der Waals surface area (Å²) in [6.45, 7) is 0. The maximum atomic E-state index is 11.2. The third-order valence-electron chi connectivity index (χ3n) is 2.00. The van der Waals surface area contributed by atoms with Crippen molar-refractivity contribution >= 4 is 40.0 Å². The fourth-order valence-electron chi connectivity index (χ4n) is 1.12. The van der Waals surface area contributed by atoms with E-state index < -0.39 is 0 Å². The highest BCUT2D eigenvalue weighted by Gasteiger charge is 2.08. The predicted octanol–water partition coefficient (Wildman–Crippen LogP) is 1.45. The van der Waals surface area contributed by atoms with Gasteiger partial charge in [0.05, 0.1) is 0 Å². The van der Waals surface area contributed by atoms with Gasteiger partial charge in [-0.25, -0.2) is 9.89 Å². The molecule has 0 aliphatic carbocycles. The second-order valence-corrected chi connectivity index (χ2v) is 5.33. The fourth-order valence-corrected chi connectivity index (χ4v) is 2.79. The Labute approximate surface area is 110 Å². The molecule has 0 aliphatic heterocycles. The van der Waals surface area contributed by atoms with E-state index in [-0.39, 0.29) is 5.69 Å². The third-order valence-corrected chi connectivity index (χ3v) is 4.38. The van der Waals surface area contributed by atoms with E-state index in [9.17, 15) is 4.79 Å². The maximum Gasteiger partial charge on any atom is 0.343 e. The highest BCUT2D eigenvalue weighted by atomic mass is 127. The van der Waals surface area contributed by atoms with Crippen molar-refractivity contribution in [2.75, 3.05) is 5.73 Å². The summed E-state index contributed by atoms with van der Waals surface area (Å²) in [6.07, 6.45) is 0. The number of hydrogen-bond acceptors (Lipinski definition) is 4. The first-order valence-corrected chi connectivity index (χ1v) is 6.31. The van der Waals surface area contributed by atoms with Crippen LogP contribution in [0.3, 0.4) is 0 Å². The minimum Gasteiger partial charge on any atom is -0.399 e. The van der Waals surface area contributed by atoms with Gasteiger partial charge >= 0.3 is 5.69 Å². The van der Waals surface area contributed by atoms with Crippen LogP contribution in [0, 0.1) is 3.57 Å². The molecule has 3 N–H and O–H groups in total. The number of nitrogens with two attached hydrogens (primary N) is 1. The van der Waals surface area contributed by atoms with Gasteiger partial charge in [-0.3, -0.25) is 4.57 Å². The molecule has 5 nitrogen and oxygen atoms in total. The molecule has 0 amide bonds. The predicted molar refractivity (Wildman–Crippen MR) is 71.5 cm³/mol. The molecule has 0 spiro atoms. The molecule has 0 atom stereocenters. The van der Waals surface area contributed by atoms with E-state index in [2.05, 4.69) is 32.8 Å². The van der Waals surface area contributed by atoms with Crippen LogP contribution in [0.25, 0.3) is 0 Å². The summed E-state index contributed by atoms with van der Waals surface area (Å²) in [6, 6.07) is 5.63. The van der Waals surface area contributed by atoms with Crippen molar-refractivity contribution in [1.29, 1.82) is 0 Å². The molecule has 0 unspecified atom stereocenters. The fraction of sp³-hybridized carbons (Fsp3) is 0.111. The van der Waals surface area contributed by atoms with Crippen molar-refractivity contribution < 1.29 is 0 Å². The standard InChI is InChI=1S/C9H9IN4OS/c1-14-8(15)12-13-9(14)16-7-3-2-5(11)4-6(7)10/h2-4H,11H2,1H3,(H,12,15). The number of H-pyrrole nitrogens is 1. The SMILES string of the molecule is Cn1c(Sc2ccc(N)cc2I)n[nH]c1=O. The van der Waals surface area contributed by atoms with Crippen LogP contribution in [0.2, 0.25) is 0 Å². The molecule has 1 aromatic heterocycles. The highest BCUT2D eigenvalue weighted by Crippen LogP contribution is 2.30. The van der Waals surface area contributed by atoms with Gasteiger partial charge < -0.3 is 5.73 Å². The Morgan fingerprint density at radius 1 is 1.56 bits per heavy atom. The summed E-state index contributed by atoms with van der Waals surface area (Å²) in [5.41, 5.74) is 6.18. The minimum atomic E-state index is -0.215. The lowest BCUT2D eigenvalue weighted by atomic mass is 10.3. The molecule has 2 aromatic rings. The molecule has 84 valence electrons. The average Bonchev–Trinajstić information content (AvgIpc) is 2.54. The van der Waals surface area contributed by atoms with Crippen LogP contribution in [-0.2, 0) is 7.05 Å².